The number of rotatable bonds is 5. The fourth-order valence-electron chi connectivity index (χ4n) is 4.21. The number of oxazole rings is 1. The van der Waals surface area contributed by atoms with Crippen molar-refractivity contribution in [1.29, 1.82) is 0 Å². The molecule has 1 aromatic carbocycles. The zero-order valence-electron chi connectivity index (χ0n) is 19.3. The van der Waals surface area contributed by atoms with Gasteiger partial charge in [0.05, 0.1) is 11.4 Å². The molecule has 1 fully saturated rings. The number of likely N-dealkylation sites (tertiary alicyclic amines) is 1. The van der Waals surface area contributed by atoms with Crippen molar-refractivity contribution in [2.24, 2.45) is 5.73 Å². The van der Waals surface area contributed by atoms with E-state index in [1.165, 1.54) is 0 Å². The monoisotopic (exact) mass is 448 g/mol. The number of hydrogen-bond donors (Lipinski definition) is 1. The molecule has 9 heteroatoms. The number of primary amides is 1. The number of carbonyl (C=O) groups is 2. The Labute approximate surface area is 192 Å². The number of anilines is 1. The van der Waals surface area contributed by atoms with Crippen molar-refractivity contribution in [3.05, 3.63) is 59.1 Å². The van der Waals surface area contributed by atoms with Gasteiger partial charge in [0.1, 0.15) is 0 Å². The molecule has 2 amide bonds. The molecule has 1 aliphatic heterocycles. The molecule has 33 heavy (non-hydrogen) atoms. The molecule has 0 unspecified atom stereocenters. The van der Waals surface area contributed by atoms with Crippen LogP contribution in [0.5, 0.6) is 0 Å². The SMILES string of the molecule is Cc1nc(C)c(C(=O)N2CCC[C@H](c3nc(N(C)C)ncc3-c3ccc(C(N)=O)cc3)C2)o1. The van der Waals surface area contributed by atoms with Gasteiger partial charge in [0.2, 0.25) is 17.6 Å². The number of hydrogen-bond acceptors (Lipinski definition) is 7. The first-order valence-corrected chi connectivity index (χ1v) is 10.9. The van der Waals surface area contributed by atoms with Crippen LogP contribution < -0.4 is 10.6 Å². The summed E-state index contributed by atoms with van der Waals surface area (Å²) in [6, 6.07) is 7.11. The van der Waals surface area contributed by atoms with Crippen LogP contribution in [0, 0.1) is 13.8 Å². The molecule has 0 radical (unpaired) electrons. The van der Waals surface area contributed by atoms with E-state index < -0.39 is 5.91 Å². The lowest BCUT2D eigenvalue weighted by Gasteiger charge is -2.33. The summed E-state index contributed by atoms with van der Waals surface area (Å²) in [7, 11) is 3.79. The quantitative estimate of drug-likeness (QED) is 0.637. The zero-order valence-corrected chi connectivity index (χ0v) is 19.3. The Kier molecular flexibility index (Phi) is 6.13. The molecule has 1 saturated heterocycles. The van der Waals surface area contributed by atoms with Crippen molar-refractivity contribution >= 4 is 17.8 Å². The molecule has 1 atom stereocenters. The maximum Gasteiger partial charge on any atom is 0.291 e. The summed E-state index contributed by atoms with van der Waals surface area (Å²) in [6.07, 6.45) is 3.56. The largest absolute Gasteiger partial charge is 0.436 e. The molecular formula is C24H28N6O3. The van der Waals surface area contributed by atoms with E-state index in [1.807, 2.05) is 42.2 Å². The van der Waals surface area contributed by atoms with Gasteiger partial charge < -0.3 is 20.0 Å². The summed E-state index contributed by atoms with van der Waals surface area (Å²) in [6.45, 7) is 4.70. The van der Waals surface area contributed by atoms with Crippen LogP contribution in [-0.4, -0.2) is 58.9 Å². The van der Waals surface area contributed by atoms with E-state index >= 15 is 0 Å². The van der Waals surface area contributed by atoms with Crippen molar-refractivity contribution in [3.8, 4) is 11.1 Å². The molecule has 172 valence electrons. The van der Waals surface area contributed by atoms with E-state index in [1.54, 1.807) is 26.0 Å². The lowest BCUT2D eigenvalue weighted by atomic mass is 9.89. The van der Waals surface area contributed by atoms with Gasteiger partial charge in [-0.25, -0.2) is 15.0 Å². The summed E-state index contributed by atoms with van der Waals surface area (Å²) in [4.78, 5) is 41.9. The van der Waals surface area contributed by atoms with Gasteiger partial charge in [-0.3, -0.25) is 9.59 Å². The molecule has 0 spiro atoms. The Bertz CT molecular complexity index is 1190. The average molecular weight is 449 g/mol. The first kappa shape index (κ1) is 22.4. The molecule has 1 aliphatic rings. The number of nitrogens with zero attached hydrogens (tertiary/aromatic N) is 5. The summed E-state index contributed by atoms with van der Waals surface area (Å²) >= 11 is 0. The van der Waals surface area contributed by atoms with Gasteiger partial charge in [-0.1, -0.05) is 12.1 Å². The number of piperidine rings is 1. The summed E-state index contributed by atoms with van der Waals surface area (Å²) in [5.41, 5.74) is 9.08. The Morgan fingerprint density at radius 2 is 1.88 bits per heavy atom. The Morgan fingerprint density at radius 3 is 2.48 bits per heavy atom. The second kappa shape index (κ2) is 9.01. The number of aromatic nitrogens is 3. The normalized spacial score (nSPS) is 16.0. The van der Waals surface area contributed by atoms with Crippen molar-refractivity contribution in [2.75, 3.05) is 32.1 Å². The minimum Gasteiger partial charge on any atom is -0.436 e. The van der Waals surface area contributed by atoms with Gasteiger partial charge in [0.15, 0.2) is 5.89 Å². The minimum absolute atomic E-state index is 0.0274. The molecular weight excluding hydrogens is 420 g/mol. The standard InChI is InChI=1S/C24H28N6O3/c1-14-21(33-15(2)27-14)23(32)30-11-5-6-18(13-30)20-19(12-26-24(28-20)29(3)4)16-7-9-17(10-8-16)22(25)31/h7-10,12,18H,5-6,11,13H2,1-4H3,(H2,25,31)/t18-/m0/s1. The highest BCUT2D eigenvalue weighted by molar-refractivity contribution is 5.93. The maximum atomic E-state index is 13.1. The average Bonchev–Trinajstić information content (AvgIpc) is 3.16. The van der Waals surface area contributed by atoms with Crippen molar-refractivity contribution in [1.82, 2.24) is 19.9 Å². The van der Waals surface area contributed by atoms with E-state index in [2.05, 4.69) is 9.97 Å². The molecule has 2 N–H and O–H groups in total. The topological polar surface area (TPSA) is 118 Å². The van der Waals surface area contributed by atoms with E-state index in [9.17, 15) is 9.59 Å². The fraction of sp³-hybridized carbons (Fsp3) is 0.375. The van der Waals surface area contributed by atoms with Crippen molar-refractivity contribution < 1.29 is 14.0 Å². The third kappa shape index (κ3) is 4.57. The van der Waals surface area contributed by atoms with Gasteiger partial charge in [-0.2, -0.15) is 0 Å². The van der Waals surface area contributed by atoms with Crippen LogP contribution in [0.2, 0.25) is 0 Å². The molecule has 0 aliphatic carbocycles. The molecule has 0 bridgehead atoms. The smallest absolute Gasteiger partial charge is 0.291 e. The van der Waals surface area contributed by atoms with Crippen LogP contribution >= 0.6 is 0 Å². The number of aryl methyl sites for hydroxylation is 2. The molecule has 3 aromatic rings. The van der Waals surface area contributed by atoms with Gasteiger partial charge in [0.25, 0.3) is 5.91 Å². The Balaban J connectivity index is 1.68. The first-order valence-electron chi connectivity index (χ1n) is 10.9. The Morgan fingerprint density at radius 1 is 1.15 bits per heavy atom. The van der Waals surface area contributed by atoms with Gasteiger partial charge in [0, 0.05) is 57.4 Å². The van der Waals surface area contributed by atoms with E-state index in [0.29, 0.717) is 41.9 Å². The molecule has 4 rings (SSSR count). The van der Waals surface area contributed by atoms with Gasteiger partial charge in [-0.15, -0.1) is 0 Å². The third-order valence-electron chi connectivity index (χ3n) is 5.88. The van der Waals surface area contributed by atoms with E-state index in [4.69, 9.17) is 15.1 Å². The summed E-state index contributed by atoms with van der Waals surface area (Å²) in [5.74, 6) is 0.796. The number of benzene rings is 1. The molecule has 0 saturated carbocycles. The van der Waals surface area contributed by atoms with Crippen LogP contribution in [0.1, 0.15) is 57.0 Å². The summed E-state index contributed by atoms with van der Waals surface area (Å²) < 4.78 is 5.57. The van der Waals surface area contributed by atoms with Crippen molar-refractivity contribution in [3.63, 3.8) is 0 Å². The molecule has 2 aromatic heterocycles. The third-order valence-corrected chi connectivity index (χ3v) is 5.88. The summed E-state index contributed by atoms with van der Waals surface area (Å²) in [5, 5.41) is 0. The second-order valence-corrected chi connectivity index (χ2v) is 8.54. The van der Waals surface area contributed by atoms with Crippen LogP contribution in [0.4, 0.5) is 5.95 Å². The van der Waals surface area contributed by atoms with E-state index in [0.717, 1.165) is 29.7 Å². The molecule has 9 nitrogen and oxygen atoms in total. The van der Waals surface area contributed by atoms with Crippen LogP contribution in [0.25, 0.3) is 11.1 Å². The molecule has 3 heterocycles. The predicted molar refractivity (Wildman–Crippen MR) is 124 cm³/mol. The highest BCUT2D eigenvalue weighted by atomic mass is 16.4. The fourth-order valence-corrected chi connectivity index (χ4v) is 4.21. The predicted octanol–water partition coefficient (Wildman–Crippen LogP) is 2.93. The van der Waals surface area contributed by atoms with E-state index in [-0.39, 0.29) is 11.8 Å². The van der Waals surface area contributed by atoms with Crippen LogP contribution in [-0.2, 0) is 0 Å². The minimum atomic E-state index is -0.472. The highest BCUT2D eigenvalue weighted by Crippen LogP contribution is 2.34. The number of nitrogens with two attached hydrogens (primary N) is 1. The lowest BCUT2D eigenvalue weighted by molar-refractivity contribution is 0.0671. The number of amides is 2. The highest BCUT2D eigenvalue weighted by Gasteiger charge is 2.31. The maximum absolute atomic E-state index is 13.1. The lowest BCUT2D eigenvalue weighted by Crippen LogP contribution is -2.39. The first-order chi connectivity index (χ1) is 15.7. The van der Waals surface area contributed by atoms with Crippen LogP contribution in [0.15, 0.2) is 34.9 Å². The van der Waals surface area contributed by atoms with Gasteiger partial charge in [-0.05, 0) is 37.5 Å². The van der Waals surface area contributed by atoms with Crippen LogP contribution in [0.3, 0.4) is 0 Å². The zero-order chi connectivity index (χ0) is 23.7. The second-order valence-electron chi connectivity index (χ2n) is 8.54. The Hall–Kier alpha value is -3.75. The van der Waals surface area contributed by atoms with Crippen molar-refractivity contribution in [2.45, 2.75) is 32.6 Å². The number of carbonyl (C=O) groups excluding carboxylic acids is 2. The van der Waals surface area contributed by atoms with Gasteiger partial charge >= 0.3 is 0 Å².